The first-order valence-electron chi connectivity index (χ1n) is 4.16. The molecule has 1 saturated carbocycles. The highest BCUT2D eigenvalue weighted by Crippen LogP contribution is 2.28. The predicted octanol–water partition coefficient (Wildman–Crippen LogP) is 1.30. The lowest BCUT2D eigenvalue weighted by Gasteiger charge is -1.93. The van der Waals surface area contributed by atoms with Gasteiger partial charge in [-0.1, -0.05) is 13.3 Å². The Bertz CT molecular complexity index is 161. The summed E-state index contributed by atoms with van der Waals surface area (Å²) in [4.78, 5) is 10.9. The van der Waals surface area contributed by atoms with E-state index in [0.717, 1.165) is 25.7 Å². The summed E-state index contributed by atoms with van der Waals surface area (Å²) in [6, 6.07) is 0. The molecule has 0 unspecified atom stereocenters. The van der Waals surface area contributed by atoms with Gasteiger partial charge in [-0.15, -0.1) is 0 Å². The fraction of sp³-hybridized carbons (Fsp3) is 0.750. The van der Waals surface area contributed by atoms with Crippen molar-refractivity contribution in [1.82, 2.24) is 5.43 Å². The average Bonchev–Trinajstić information content (AvgIpc) is 2.79. The van der Waals surface area contributed by atoms with E-state index in [1.807, 2.05) is 0 Å². The van der Waals surface area contributed by atoms with Crippen LogP contribution in [0.1, 0.15) is 32.6 Å². The first-order chi connectivity index (χ1) is 5.34. The van der Waals surface area contributed by atoms with Gasteiger partial charge in [-0.25, -0.2) is 5.43 Å². The van der Waals surface area contributed by atoms with Crippen LogP contribution >= 0.6 is 0 Å². The van der Waals surface area contributed by atoms with Gasteiger partial charge < -0.3 is 0 Å². The van der Waals surface area contributed by atoms with Gasteiger partial charge in [0.2, 0.25) is 5.91 Å². The van der Waals surface area contributed by atoms with E-state index in [9.17, 15) is 4.79 Å². The number of hydrazone groups is 1. The number of unbranched alkanes of at least 4 members (excludes halogenated alkanes) is 1. The number of amides is 1. The van der Waals surface area contributed by atoms with Crippen LogP contribution in [-0.2, 0) is 4.79 Å². The zero-order chi connectivity index (χ0) is 8.10. The zero-order valence-electron chi connectivity index (χ0n) is 6.84. The lowest BCUT2D eigenvalue weighted by molar-refractivity contribution is -0.122. The first-order valence-corrected chi connectivity index (χ1v) is 4.16. The SMILES string of the molecule is CCCC=NNC(=O)C1CC1. The number of nitrogens with one attached hydrogen (secondary N) is 1. The quantitative estimate of drug-likeness (QED) is 0.481. The maximum absolute atomic E-state index is 10.9. The maximum atomic E-state index is 10.9. The number of carbonyl (C=O) groups is 1. The number of nitrogens with zero attached hydrogens (tertiary/aromatic N) is 1. The number of carbonyl (C=O) groups excluding carboxylic acids is 1. The van der Waals surface area contributed by atoms with Gasteiger partial charge in [-0.05, 0) is 19.3 Å². The molecule has 0 radical (unpaired) electrons. The molecule has 3 heteroatoms. The molecule has 1 aliphatic carbocycles. The molecule has 1 amide bonds. The van der Waals surface area contributed by atoms with Crippen LogP contribution in [-0.4, -0.2) is 12.1 Å². The van der Waals surface area contributed by atoms with E-state index < -0.39 is 0 Å². The second-order valence-corrected chi connectivity index (χ2v) is 2.85. The fourth-order valence-electron chi connectivity index (χ4n) is 0.740. The molecule has 0 heterocycles. The highest BCUT2D eigenvalue weighted by Gasteiger charge is 2.29. The second kappa shape index (κ2) is 4.11. The molecular weight excluding hydrogens is 140 g/mol. The van der Waals surface area contributed by atoms with Gasteiger partial charge in [-0.3, -0.25) is 4.79 Å². The van der Waals surface area contributed by atoms with Crippen LogP contribution in [0.5, 0.6) is 0 Å². The Morgan fingerprint density at radius 1 is 1.73 bits per heavy atom. The molecule has 62 valence electrons. The van der Waals surface area contributed by atoms with Gasteiger partial charge in [0.1, 0.15) is 0 Å². The summed E-state index contributed by atoms with van der Waals surface area (Å²) in [5.41, 5.74) is 2.51. The van der Waals surface area contributed by atoms with Crippen LogP contribution in [0.3, 0.4) is 0 Å². The van der Waals surface area contributed by atoms with Crippen LogP contribution < -0.4 is 5.43 Å². The minimum Gasteiger partial charge on any atom is -0.273 e. The van der Waals surface area contributed by atoms with Gasteiger partial charge in [0.15, 0.2) is 0 Å². The topological polar surface area (TPSA) is 41.5 Å². The van der Waals surface area contributed by atoms with Gasteiger partial charge in [0, 0.05) is 12.1 Å². The highest BCUT2D eigenvalue weighted by atomic mass is 16.2. The van der Waals surface area contributed by atoms with Crippen molar-refractivity contribution in [3.05, 3.63) is 0 Å². The molecule has 0 aromatic carbocycles. The highest BCUT2D eigenvalue weighted by molar-refractivity contribution is 5.81. The van der Waals surface area contributed by atoms with Crippen molar-refractivity contribution >= 4 is 12.1 Å². The number of rotatable bonds is 4. The van der Waals surface area contributed by atoms with Crippen molar-refractivity contribution < 1.29 is 4.79 Å². The molecule has 0 aliphatic heterocycles. The van der Waals surface area contributed by atoms with Crippen molar-refractivity contribution in [2.24, 2.45) is 11.0 Å². The molecule has 0 saturated heterocycles. The minimum atomic E-state index is 0.0809. The Labute approximate surface area is 66.9 Å². The zero-order valence-corrected chi connectivity index (χ0v) is 6.84. The summed E-state index contributed by atoms with van der Waals surface area (Å²) in [6.07, 6.45) is 5.83. The van der Waals surface area contributed by atoms with Gasteiger partial charge in [0.05, 0.1) is 0 Å². The third kappa shape index (κ3) is 3.16. The average molecular weight is 154 g/mol. The fourth-order valence-corrected chi connectivity index (χ4v) is 0.740. The lowest BCUT2D eigenvalue weighted by Crippen LogP contribution is -2.18. The smallest absolute Gasteiger partial charge is 0.243 e. The number of hydrogen-bond acceptors (Lipinski definition) is 2. The van der Waals surface area contributed by atoms with Crippen LogP contribution in [0.2, 0.25) is 0 Å². The summed E-state index contributed by atoms with van der Waals surface area (Å²) in [7, 11) is 0. The Morgan fingerprint density at radius 3 is 3.00 bits per heavy atom. The van der Waals surface area contributed by atoms with Crippen LogP contribution in [0.4, 0.5) is 0 Å². The first kappa shape index (κ1) is 8.24. The second-order valence-electron chi connectivity index (χ2n) is 2.85. The molecule has 0 atom stereocenters. The molecular formula is C8H14N2O. The Hall–Kier alpha value is -0.860. The van der Waals surface area contributed by atoms with Gasteiger partial charge in [-0.2, -0.15) is 5.10 Å². The molecule has 3 nitrogen and oxygen atoms in total. The van der Waals surface area contributed by atoms with Crippen molar-refractivity contribution in [2.75, 3.05) is 0 Å². The predicted molar refractivity (Wildman–Crippen MR) is 44.3 cm³/mol. The summed E-state index contributed by atoms with van der Waals surface area (Å²) >= 11 is 0. The molecule has 11 heavy (non-hydrogen) atoms. The standard InChI is InChI=1S/C8H14N2O/c1-2-3-6-9-10-8(11)7-4-5-7/h6-7H,2-5H2,1H3,(H,10,11). The van der Waals surface area contributed by atoms with Crippen molar-refractivity contribution in [1.29, 1.82) is 0 Å². The van der Waals surface area contributed by atoms with Crippen LogP contribution in [0.25, 0.3) is 0 Å². The third-order valence-electron chi connectivity index (χ3n) is 1.63. The molecule has 0 spiro atoms. The summed E-state index contributed by atoms with van der Waals surface area (Å²) in [5, 5.41) is 3.80. The summed E-state index contributed by atoms with van der Waals surface area (Å²) in [6.45, 7) is 2.08. The van der Waals surface area contributed by atoms with E-state index >= 15 is 0 Å². The summed E-state index contributed by atoms with van der Waals surface area (Å²) < 4.78 is 0. The van der Waals surface area contributed by atoms with E-state index in [0.29, 0.717) is 0 Å². The van der Waals surface area contributed by atoms with E-state index in [4.69, 9.17) is 0 Å². The molecule has 1 rings (SSSR count). The summed E-state index contributed by atoms with van der Waals surface area (Å²) in [5.74, 6) is 0.339. The molecule has 1 N–H and O–H groups in total. The molecule has 0 bridgehead atoms. The molecule has 1 fully saturated rings. The van der Waals surface area contributed by atoms with E-state index in [1.54, 1.807) is 6.21 Å². The molecule has 1 aliphatic rings. The Balaban J connectivity index is 2.05. The van der Waals surface area contributed by atoms with E-state index in [2.05, 4.69) is 17.5 Å². The third-order valence-corrected chi connectivity index (χ3v) is 1.63. The minimum absolute atomic E-state index is 0.0809. The monoisotopic (exact) mass is 154 g/mol. The lowest BCUT2D eigenvalue weighted by atomic mass is 10.4. The van der Waals surface area contributed by atoms with Gasteiger partial charge in [0.25, 0.3) is 0 Å². The van der Waals surface area contributed by atoms with Crippen molar-refractivity contribution in [3.8, 4) is 0 Å². The maximum Gasteiger partial charge on any atom is 0.243 e. The van der Waals surface area contributed by atoms with Crippen LogP contribution in [0.15, 0.2) is 5.10 Å². The largest absolute Gasteiger partial charge is 0.273 e. The molecule has 0 aromatic rings. The van der Waals surface area contributed by atoms with E-state index in [-0.39, 0.29) is 11.8 Å². The number of hydrogen-bond donors (Lipinski definition) is 1. The normalized spacial score (nSPS) is 17.2. The van der Waals surface area contributed by atoms with Crippen molar-refractivity contribution in [2.45, 2.75) is 32.6 Å². The Morgan fingerprint density at radius 2 is 2.45 bits per heavy atom. The Kier molecular flexibility index (Phi) is 3.08. The van der Waals surface area contributed by atoms with Gasteiger partial charge >= 0.3 is 0 Å². The van der Waals surface area contributed by atoms with E-state index in [1.165, 1.54) is 0 Å². The van der Waals surface area contributed by atoms with Crippen LogP contribution in [0, 0.1) is 5.92 Å². The molecule has 0 aromatic heterocycles. The van der Waals surface area contributed by atoms with Crippen molar-refractivity contribution in [3.63, 3.8) is 0 Å².